The molecule has 0 aliphatic rings. The molecule has 0 amide bonds. The molecule has 2 N–H and O–H groups in total. The molecule has 0 aliphatic heterocycles. The zero-order chi connectivity index (χ0) is 12.4. The predicted octanol–water partition coefficient (Wildman–Crippen LogP) is 0.735. The third-order valence-electron chi connectivity index (χ3n) is 1.88. The van der Waals surface area contributed by atoms with Gasteiger partial charge in [-0.3, -0.25) is 0 Å². The minimum Gasteiger partial charge on any atom is -0.461 e. The highest BCUT2D eigenvalue weighted by Gasteiger charge is 2.09. The van der Waals surface area contributed by atoms with Crippen molar-refractivity contribution < 1.29 is 4.74 Å². The largest absolute Gasteiger partial charge is 0.461 e. The van der Waals surface area contributed by atoms with E-state index in [1.54, 1.807) is 12.4 Å². The van der Waals surface area contributed by atoms with Crippen LogP contribution in [-0.4, -0.2) is 30.8 Å². The lowest BCUT2D eigenvalue weighted by atomic mass is 10.4. The number of anilines is 1. The Morgan fingerprint density at radius 1 is 1.29 bits per heavy atom. The number of nitrogens with two attached hydrogens (primary N) is 1. The molecule has 0 fully saturated rings. The van der Waals surface area contributed by atoms with Gasteiger partial charge in [0.2, 0.25) is 5.95 Å². The van der Waals surface area contributed by atoms with E-state index in [0.29, 0.717) is 5.95 Å². The Morgan fingerprint density at radius 3 is 2.65 bits per heavy atom. The minimum absolute atomic E-state index is 0.0241. The molecular weight excluding hydrogens is 220 g/mol. The first-order valence-corrected chi connectivity index (χ1v) is 5.24. The Labute approximate surface area is 98.7 Å². The topological polar surface area (TPSA) is 91.7 Å². The zero-order valence-corrected chi connectivity index (χ0v) is 9.95. The van der Waals surface area contributed by atoms with E-state index in [4.69, 9.17) is 10.5 Å². The van der Waals surface area contributed by atoms with E-state index >= 15 is 0 Å². The van der Waals surface area contributed by atoms with Crippen molar-refractivity contribution in [3.63, 3.8) is 0 Å². The third kappa shape index (κ3) is 2.68. The van der Waals surface area contributed by atoms with Crippen LogP contribution in [0.1, 0.15) is 19.4 Å². The van der Waals surface area contributed by atoms with E-state index in [2.05, 4.69) is 20.1 Å². The molecule has 0 unspecified atom stereocenters. The average Bonchev–Trinajstić information content (AvgIpc) is 2.62. The zero-order valence-electron chi connectivity index (χ0n) is 9.95. The first-order chi connectivity index (χ1) is 8.04. The standard InChI is InChI=1S/C10H14N6O/c1-6(2)17-10-14-8(11)13-9(15-10)16-5-7(3)4-12-16/h4-6H,1-3H3,(H2,11,13,14,15). The van der Waals surface area contributed by atoms with Crippen molar-refractivity contribution in [2.24, 2.45) is 0 Å². The molecule has 17 heavy (non-hydrogen) atoms. The summed E-state index contributed by atoms with van der Waals surface area (Å²) in [5, 5.41) is 4.10. The smallest absolute Gasteiger partial charge is 0.323 e. The van der Waals surface area contributed by atoms with Crippen LogP contribution in [-0.2, 0) is 0 Å². The number of aryl methyl sites for hydroxylation is 1. The van der Waals surface area contributed by atoms with E-state index in [-0.39, 0.29) is 18.1 Å². The average molecular weight is 234 g/mol. The van der Waals surface area contributed by atoms with Crippen molar-refractivity contribution in [2.75, 3.05) is 5.73 Å². The summed E-state index contributed by atoms with van der Waals surface area (Å²) in [7, 11) is 0. The fourth-order valence-electron chi connectivity index (χ4n) is 1.25. The Balaban J connectivity index is 2.37. The molecule has 2 aromatic heterocycles. The number of hydrogen-bond acceptors (Lipinski definition) is 6. The second kappa shape index (κ2) is 4.36. The molecule has 0 aliphatic carbocycles. The highest BCUT2D eigenvalue weighted by atomic mass is 16.5. The summed E-state index contributed by atoms with van der Waals surface area (Å²) in [4.78, 5) is 12.0. The van der Waals surface area contributed by atoms with Crippen LogP contribution in [0.3, 0.4) is 0 Å². The molecule has 90 valence electrons. The van der Waals surface area contributed by atoms with Gasteiger partial charge in [0.25, 0.3) is 5.95 Å². The van der Waals surface area contributed by atoms with Crippen molar-refractivity contribution in [3.8, 4) is 12.0 Å². The van der Waals surface area contributed by atoms with E-state index in [1.165, 1.54) is 4.68 Å². The number of rotatable bonds is 3. The minimum atomic E-state index is -0.0241. The number of nitrogen functional groups attached to an aromatic ring is 1. The first-order valence-electron chi connectivity index (χ1n) is 5.24. The van der Waals surface area contributed by atoms with Crippen molar-refractivity contribution >= 4 is 5.95 Å². The van der Waals surface area contributed by atoms with Gasteiger partial charge in [-0.15, -0.1) is 0 Å². The lowest BCUT2D eigenvalue weighted by Crippen LogP contribution is -2.13. The first kappa shape index (κ1) is 11.3. The van der Waals surface area contributed by atoms with Crippen molar-refractivity contribution in [2.45, 2.75) is 26.9 Å². The molecule has 7 heteroatoms. The number of aromatic nitrogens is 5. The normalized spacial score (nSPS) is 10.8. The van der Waals surface area contributed by atoms with Gasteiger partial charge in [-0.2, -0.15) is 20.1 Å². The van der Waals surface area contributed by atoms with Gasteiger partial charge in [0.15, 0.2) is 0 Å². The maximum Gasteiger partial charge on any atom is 0.323 e. The van der Waals surface area contributed by atoms with E-state index in [9.17, 15) is 0 Å². The van der Waals surface area contributed by atoms with Gasteiger partial charge in [0.1, 0.15) is 0 Å². The summed E-state index contributed by atoms with van der Waals surface area (Å²) in [6.07, 6.45) is 3.49. The van der Waals surface area contributed by atoms with Crippen molar-refractivity contribution in [1.29, 1.82) is 0 Å². The van der Waals surface area contributed by atoms with Crippen LogP contribution in [0.5, 0.6) is 6.01 Å². The van der Waals surface area contributed by atoms with Crippen molar-refractivity contribution in [1.82, 2.24) is 24.7 Å². The summed E-state index contributed by atoms with van der Waals surface area (Å²) >= 11 is 0. The lowest BCUT2D eigenvalue weighted by molar-refractivity contribution is 0.221. The monoisotopic (exact) mass is 234 g/mol. The van der Waals surface area contributed by atoms with Gasteiger partial charge in [-0.25, -0.2) is 4.68 Å². The molecular formula is C10H14N6O. The maximum atomic E-state index is 5.60. The molecule has 7 nitrogen and oxygen atoms in total. The van der Waals surface area contributed by atoms with Gasteiger partial charge < -0.3 is 10.5 Å². The van der Waals surface area contributed by atoms with Crippen LogP contribution in [0, 0.1) is 6.92 Å². The van der Waals surface area contributed by atoms with Crippen LogP contribution >= 0.6 is 0 Å². The molecule has 0 bridgehead atoms. The molecule has 0 aromatic carbocycles. The maximum absolute atomic E-state index is 5.60. The Morgan fingerprint density at radius 2 is 2.06 bits per heavy atom. The van der Waals surface area contributed by atoms with Gasteiger partial charge >= 0.3 is 6.01 Å². The second-order valence-electron chi connectivity index (χ2n) is 3.91. The Bertz CT molecular complexity index is 521. The van der Waals surface area contributed by atoms with Gasteiger partial charge in [-0.05, 0) is 26.3 Å². The van der Waals surface area contributed by atoms with Gasteiger partial charge in [0.05, 0.1) is 12.3 Å². The summed E-state index contributed by atoms with van der Waals surface area (Å²) < 4.78 is 6.91. The second-order valence-corrected chi connectivity index (χ2v) is 3.91. The highest BCUT2D eigenvalue weighted by molar-refractivity contribution is 5.25. The fraction of sp³-hybridized carbons (Fsp3) is 0.400. The molecule has 0 saturated heterocycles. The predicted molar refractivity (Wildman–Crippen MR) is 61.9 cm³/mol. The van der Waals surface area contributed by atoms with Crippen LogP contribution in [0.15, 0.2) is 12.4 Å². The van der Waals surface area contributed by atoms with Crippen LogP contribution in [0.4, 0.5) is 5.95 Å². The van der Waals surface area contributed by atoms with E-state index in [0.717, 1.165) is 5.56 Å². The Hall–Kier alpha value is -2.18. The van der Waals surface area contributed by atoms with Crippen molar-refractivity contribution in [3.05, 3.63) is 18.0 Å². The molecule has 2 rings (SSSR count). The lowest BCUT2D eigenvalue weighted by Gasteiger charge is -2.08. The van der Waals surface area contributed by atoms with Crippen LogP contribution in [0.2, 0.25) is 0 Å². The van der Waals surface area contributed by atoms with Crippen LogP contribution < -0.4 is 10.5 Å². The van der Waals surface area contributed by atoms with E-state index < -0.39 is 0 Å². The number of hydrogen-bond donors (Lipinski definition) is 1. The van der Waals surface area contributed by atoms with Gasteiger partial charge in [-0.1, -0.05) is 0 Å². The fourth-order valence-corrected chi connectivity index (χ4v) is 1.25. The molecule has 2 heterocycles. The molecule has 0 saturated carbocycles. The number of ether oxygens (including phenoxy) is 1. The third-order valence-corrected chi connectivity index (χ3v) is 1.88. The summed E-state index contributed by atoms with van der Waals surface area (Å²) in [5.41, 5.74) is 6.61. The summed E-state index contributed by atoms with van der Waals surface area (Å²) in [6, 6.07) is 0.204. The molecule has 0 spiro atoms. The van der Waals surface area contributed by atoms with Crippen LogP contribution in [0.25, 0.3) is 5.95 Å². The number of nitrogens with zero attached hydrogens (tertiary/aromatic N) is 5. The van der Waals surface area contributed by atoms with Gasteiger partial charge in [0, 0.05) is 6.20 Å². The summed E-state index contributed by atoms with van der Waals surface area (Å²) in [6.45, 7) is 5.70. The summed E-state index contributed by atoms with van der Waals surface area (Å²) in [5.74, 6) is 0.458. The molecule has 2 aromatic rings. The Kier molecular flexibility index (Phi) is 2.90. The molecule has 0 atom stereocenters. The molecule has 0 radical (unpaired) electrons. The highest BCUT2D eigenvalue weighted by Crippen LogP contribution is 2.10. The quantitative estimate of drug-likeness (QED) is 0.841. The van der Waals surface area contributed by atoms with E-state index in [1.807, 2.05) is 20.8 Å². The SMILES string of the molecule is Cc1cnn(-c2nc(N)nc(OC(C)C)n2)c1.